The summed E-state index contributed by atoms with van der Waals surface area (Å²) >= 11 is 0. The third-order valence-corrected chi connectivity index (χ3v) is 3.42. The van der Waals surface area contributed by atoms with Crippen molar-refractivity contribution in [2.75, 3.05) is 13.2 Å². The molecule has 0 aliphatic carbocycles. The molecule has 1 heterocycles. The van der Waals surface area contributed by atoms with Gasteiger partial charge in [-0.2, -0.15) is 0 Å². The summed E-state index contributed by atoms with van der Waals surface area (Å²) in [4.78, 5) is 26.9. The van der Waals surface area contributed by atoms with Crippen LogP contribution in [0.25, 0.3) is 10.9 Å². The van der Waals surface area contributed by atoms with E-state index in [1.165, 1.54) is 18.3 Å². The summed E-state index contributed by atoms with van der Waals surface area (Å²) < 4.78 is 0. The van der Waals surface area contributed by atoms with Crippen LogP contribution in [0.5, 0.6) is 0 Å². The van der Waals surface area contributed by atoms with E-state index in [0.717, 1.165) is 0 Å². The number of nitro benzene ring substituents is 1. The lowest BCUT2D eigenvalue weighted by molar-refractivity contribution is -0.383. The van der Waals surface area contributed by atoms with E-state index in [0.29, 0.717) is 29.4 Å². The molecule has 0 radical (unpaired) electrons. The van der Waals surface area contributed by atoms with Crippen LogP contribution in [0.4, 0.5) is 5.69 Å². The van der Waals surface area contributed by atoms with Crippen molar-refractivity contribution >= 4 is 22.5 Å². The highest BCUT2D eigenvalue weighted by Crippen LogP contribution is 2.26. The molecule has 0 saturated carbocycles. The van der Waals surface area contributed by atoms with Crippen LogP contribution in [0.1, 0.15) is 23.7 Å². The molecule has 1 unspecified atom stereocenters. The predicted molar refractivity (Wildman–Crippen MR) is 81.6 cm³/mol. The maximum Gasteiger partial charge on any atom is 0.278 e. The van der Waals surface area contributed by atoms with E-state index in [9.17, 15) is 14.9 Å². The van der Waals surface area contributed by atoms with Crippen molar-refractivity contribution in [2.24, 2.45) is 5.92 Å². The number of hydrogen-bond donors (Lipinski definition) is 2. The molecule has 2 N–H and O–H groups in total. The van der Waals surface area contributed by atoms with E-state index >= 15 is 0 Å². The number of nitrogens with zero attached hydrogens (tertiary/aromatic N) is 2. The number of rotatable bonds is 6. The van der Waals surface area contributed by atoms with Crippen LogP contribution in [0.15, 0.2) is 30.5 Å². The van der Waals surface area contributed by atoms with Gasteiger partial charge in [-0.3, -0.25) is 19.9 Å². The summed E-state index contributed by atoms with van der Waals surface area (Å²) in [6.07, 6.45) is 2.09. The molecule has 1 aromatic carbocycles. The van der Waals surface area contributed by atoms with Gasteiger partial charge in [-0.25, -0.2) is 0 Å². The van der Waals surface area contributed by atoms with Gasteiger partial charge in [0.15, 0.2) is 0 Å². The van der Waals surface area contributed by atoms with Gasteiger partial charge in [-0.05, 0) is 30.5 Å². The standard InChI is InChI=1S/C15H17N3O4/c1-10(6-8-19)9-17-15(20)12-4-5-13(18(21)22)11-3-2-7-16-14(11)12/h2-5,7,10,19H,6,8-9H2,1H3,(H,17,20). The lowest BCUT2D eigenvalue weighted by Gasteiger charge is -2.12. The number of aliphatic hydroxyl groups excluding tert-OH is 1. The monoisotopic (exact) mass is 303 g/mol. The number of pyridine rings is 1. The highest BCUT2D eigenvalue weighted by molar-refractivity contribution is 6.07. The Labute approximate surface area is 127 Å². The number of amides is 1. The number of nitro groups is 1. The molecule has 1 amide bonds. The van der Waals surface area contributed by atoms with Gasteiger partial charge in [-0.15, -0.1) is 0 Å². The number of aromatic nitrogens is 1. The lowest BCUT2D eigenvalue weighted by atomic mass is 10.1. The zero-order chi connectivity index (χ0) is 16.1. The van der Waals surface area contributed by atoms with Gasteiger partial charge < -0.3 is 10.4 Å². The second kappa shape index (κ2) is 6.95. The van der Waals surface area contributed by atoms with E-state index in [1.54, 1.807) is 12.1 Å². The van der Waals surface area contributed by atoms with Gasteiger partial charge in [0.1, 0.15) is 0 Å². The summed E-state index contributed by atoms with van der Waals surface area (Å²) in [5.41, 5.74) is 0.537. The number of hydrogen-bond acceptors (Lipinski definition) is 5. The predicted octanol–water partition coefficient (Wildman–Crippen LogP) is 1.89. The van der Waals surface area contributed by atoms with Crippen molar-refractivity contribution in [1.82, 2.24) is 10.3 Å². The van der Waals surface area contributed by atoms with Crippen LogP contribution in [0.2, 0.25) is 0 Å². The molecule has 1 atom stereocenters. The summed E-state index contributed by atoms with van der Waals surface area (Å²) in [5.74, 6) is -0.186. The molecule has 0 aliphatic rings. The fourth-order valence-corrected chi connectivity index (χ4v) is 2.18. The SMILES string of the molecule is CC(CCO)CNC(=O)c1ccc([N+](=O)[O-])c2cccnc12. The number of carbonyl (C=O) groups is 1. The number of fused-ring (bicyclic) bond motifs is 1. The molecule has 0 spiro atoms. The minimum atomic E-state index is -0.491. The van der Waals surface area contributed by atoms with Gasteiger partial charge in [0.25, 0.3) is 11.6 Å². The van der Waals surface area contributed by atoms with E-state index in [-0.39, 0.29) is 24.1 Å². The normalized spacial score (nSPS) is 12.1. The van der Waals surface area contributed by atoms with E-state index in [1.807, 2.05) is 6.92 Å². The second-order valence-electron chi connectivity index (χ2n) is 5.12. The highest BCUT2D eigenvalue weighted by Gasteiger charge is 2.18. The molecule has 116 valence electrons. The first-order valence-corrected chi connectivity index (χ1v) is 6.95. The Balaban J connectivity index is 2.30. The van der Waals surface area contributed by atoms with E-state index < -0.39 is 4.92 Å². The van der Waals surface area contributed by atoms with Crippen LogP contribution >= 0.6 is 0 Å². The Morgan fingerprint density at radius 3 is 2.91 bits per heavy atom. The maximum atomic E-state index is 12.3. The average Bonchev–Trinajstić information content (AvgIpc) is 2.51. The zero-order valence-electron chi connectivity index (χ0n) is 12.2. The molecular weight excluding hydrogens is 286 g/mol. The van der Waals surface area contributed by atoms with Gasteiger partial charge in [-0.1, -0.05) is 6.92 Å². The van der Waals surface area contributed by atoms with Crippen LogP contribution in [0.3, 0.4) is 0 Å². The minimum absolute atomic E-state index is 0.0685. The summed E-state index contributed by atoms with van der Waals surface area (Å²) in [5, 5.41) is 23.0. The number of nitrogens with one attached hydrogen (secondary N) is 1. The Morgan fingerprint density at radius 2 is 2.23 bits per heavy atom. The first-order valence-electron chi connectivity index (χ1n) is 6.95. The van der Waals surface area contributed by atoms with Crippen molar-refractivity contribution in [3.63, 3.8) is 0 Å². The molecule has 22 heavy (non-hydrogen) atoms. The van der Waals surface area contributed by atoms with Crippen molar-refractivity contribution in [1.29, 1.82) is 0 Å². The molecule has 7 nitrogen and oxygen atoms in total. The Hall–Kier alpha value is -2.54. The molecule has 0 fully saturated rings. The number of benzene rings is 1. The van der Waals surface area contributed by atoms with Crippen molar-refractivity contribution in [3.05, 3.63) is 46.1 Å². The Kier molecular flexibility index (Phi) is 5.00. The maximum absolute atomic E-state index is 12.3. The highest BCUT2D eigenvalue weighted by atomic mass is 16.6. The topological polar surface area (TPSA) is 105 Å². The fraction of sp³-hybridized carbons (Fsp3) is 0.333. The average molecular weight is 303 g/mol. The molecule has 0 saturated heterocycles. The van der Waals surface area contributed by atoms with E-state index in [2.05, 4.69) is 10.3 Å². The van der Waals surface area contributed by atoms with Crippen LogP contribution < -0.4 is 5.32 Å². The molecule has 2 rings (SSSR count). The van der Waals surface area contributed by atoms with Gasteiger partial charge in [0.05, 0.1) is 21.4 Å². The van der Waals surface area contributed by atoms with Gasteiger partial charge in [0.2, 0.25) is 0 Å². The number of non-ortho nitro benzene ring substituents is 1. The van der Waals surface area contributed by atoms with Gasteiger partial charge in [0, 0.05) is 25.4 Å². The smallest absolute Gasteiger partial charge is 0.278 e. The largest absolute Gasteiger partial charge is 0.396 e. The minimum Gasteiger partial charge on any atom is -0.396 e. The van der Waals surface area contributed by atoms with Crippen molar-refractivity contribution in [3.8, 4) is 0 Å². The fourth-order valence-electron chi connectivity index (χ4n) is 2.18. The molecule has 7 heteroatoms. The lowest BCUT2D eigenvalue weighted by Crippen LogP contribution is -2.29. The summed E-state index contributed by atoms with van der Waals surface area (Å²) in [7, 11) is 0. The van der Waals surface area contributed by atoms with E-state index in [4.69, 9.17) is 5.11 Å². The van der Waals surface area contributed by atoms with Crippen LogP contribution in [0, 0.1) is 16.0 Å². The molecular formula is C15H17N3O4. The van der Waals surface area contributed by atoms with Gasteiger partial charge >= 0.3 is 0 Å². The summed E-state index contributed by atoms with van der Waals surface area (Å²) in [6, 6.07) is 5.90. The zero-order valence-corrected chi connectivity index (χ0v) is 12.2. The summed E-state index contributed by atoms with van der Waals surface area (Å²) in [6.45, 7) is 2.41. The molecule has 0 aliphatic heterocycles. The molecule has 2 aromatic rings. The Morgan fingerprint density at radius 1 is 1.45 bits per heavy atom. The first kappa shape index (κ1) is 15.8. The molecule has 1 aromatic heterocycles. The number of carbonyl (C=O) groups excluding carboxylic acids is 1. The van der Waals surface area contributed by atoms with Crippen molar-refractivity contribution < 1.29 is 14.8 Å². The Bertz CT molecular complexity index is 702. The third-order valence-electron chi connectivity index (χ3n) is 3.42. The quantitative estimate of drug-likeness (QED) is 0.626. The second-order valence-corrected chi connectivity index (χ2v) is 5.12. The van der Waals surface area contributed by atoms with Crippen molar-refractivity contribution in [2.45, 2.75) is 13.3 Å². The number of aliphatic hydroxyl groups is 1. The van der Waals surface area contributed by atoms with Crippen LogP contribution in [-0.4, -0.2) is 34.1 Å². The first-order chi connectivity index (χ1) is 10.5. The van der Waals surface area contributed by atoms with Crippen LogP contribution in [-0.2, 0) is 0 Å². The molecule has 0 bridgehead atoms. The third kappa shape index (κ3) is 3.37.